The van der Waals surface area contributed by atoms with E-state index >= 15 is 0 Å². The summed E-state index contributed by atoms with van der Waals surface area (Å²) in [5.74, 6) is 1.56. The van der Waals surface area contributed by atoms with E-state index in [0.29, 0.717) is 29.5 Å². The lowest BCUT2D eigenvalue weighted by Crippen LogP contribution is -2.05. The highest BCUT2D eigenvalue weighted by Gasteiger charge is 2.17. The first-order valence-corrected chi connectivity index (χ1v) is 6.87. The minimum atomic E-state index is -0.422. The van der Waals surface area contributed by atoms with Crippen molar-refractivity contribution in [2.45, 2.75) is 6.54 Å². The Hall–Kier alpha value is -2.96. The quantitative estimate of drug-likeness (QED) is 0.623. The number of benzene rings is 2. The van der Waals surface area contributed by atoms with Gasteiger partial charge in [-0.3, -0.25) is 10.1 Å². The first-order chi connectivity index (χ1) is 11.1. The average molecular weight is 318 g/mol. The van der Waals surface area contributed by atoms with E-state index < -0.39 is 4.92 Å². The van der Waals surface area contributed by atoms with Crippen molar-refractivity contribution in [3.63, 3.8) is 0 Å². The number of methoxy groups -OCH3 is 3. The van der Waals surface area contributed by atoms with E-state index in [2.05, 4.69) is 5.32 Å². The molecule has 0 amide bonds. The van der Waals surface area contributed by atoms with E-state index in [1.165, 1.54) is 20.3 Å². The van der Waals surface area contributed by atoms with Crippen LogP contribution in [0.5, 0.6) is 17.2 Å². The van der Waals surface area contributed by atoms with Gasteiger partial charge in [0.2, 0.25) is 5.75 Å². The molecular weight excluding hydrogens is 300 g/mol. The number of ether oxygens (including phenoxy) is 3. The lowest BCUT2D eigenvalue weighted by atomic mass is 10.1. The zero-order chi connectivity index (χ0) is 16.8. The molecular formula is C16H18N2O5. The van der Waals surface area contributed by atoms with Crippen LogP contribution in [0.3, 0.4) is 0 Å². The summed E-state index contributed by atoms with van der Waals surface area (Å²) >= 11 is 0. The fourth-order valence-corrected chi connectivity index (χ4v) is 2.28. The van der Waals surface area contributed by atoms with Gasteiger partial charge in [0, 0.05) is 18.2 Å². The van der Waals surface area contributed by atoms with Crippen molar-refractivity contribution >= 4 is 11.4 Å². The maximum absolute atomic E-state index is 11.0. The molecule has 0 unspecified atom stereocenters. The van der Waals surface area contributed by atoms with Crippen LogP contribution in [-0.2, 0) is 6.54 Å². The van der Waals surface area contributed by atoms with Crippen LogP contribution < -0.4 is 19.5 Å². The van der Waals surface area contributed by atoms with E-state index in [9.17, 15) is 10.1 Å². The molecule has 0 saturated carbocycles. The zero-order valence-electron chi connectivity index (χ0n) is 13.2. The molecule has 7 nitrogen and oxygen atoms in total. The second-order valence-corrected chi connectivity index (χ2v) is 4.62. The van der Waals surface area contributed by atoms with Crippen LogP contribution in [0.15, 0.2) is 36.4 Å². The van der Waals surface area contributed by atoms with E-state index in [1.54, 1.807) is 31.4 Å². The number of nitrogens with one attached hydrogen (secondary N) is 1. The van der Waals surface area contributed by atoms with E-state index in [0.717, 1.165) is 5.56 Å². The normalized spacial score (nSPS) is 10.0. The minimum Gasteiger partial charge on any atom is -0.493 e. The molecule has 0 aliphatic rings. The van der Waals surface area contributed by atoms with Crippen LogP contribution >= 0.6 is 0 Å². The number of hydrogen-bond donors (Lipinski definition) is 1. The molecule has 122 valence electrons. The van der Waals surface area contributed by atoms with Gasteiger partial charge in [0.25, 0.3) is 5.69 Å². The van der Waals surface area contributed by atoms with Gasteiger partial charge in [-0.05, 0) is 18.2 Å². The number of nitrogens with zero attached hydrogens (tertiary/aromatic N) is 1. The largest absolute Gasteiger partial charge is 0.493 e. The molecule has 0 spiro atoms. The van der Waals surface area contributed by atoms with Crippen LogP contribution in [-0.4, -0.2) is 26.3 Å². The summed E-state index contributed by atoms with van der Waals surface area (Å²) in [6.07, 6.45) is 0. The molecule has 0 atom stereocenters. The van der Waals surface area contributed by atoms with Gasteiger partial charge in [0.05, 0.1) is 26.3 Å². The SMILES string of the molecule is COc1ccc(CNc2ccccc2[N+](=O)[O-])c(OC)c1OC. The molecule has 2 rings (SSSR count). The monoisotopic (exact) mass is 318 g/mol. The predicted octanol–water partition coefficient (Wildman–Crippen LogP) is 3.23. The Bertz CT molecular complexity index is 703. The van der Waals surface area contributed by atoms with Crippen molar-refractivity contribution in [2.24, 2.45) is 0 Å². The molecule has 1 N–H and O–H groups in total. The van der Waals surface area contributed by atoms with E-state index in [-0.39, 0.29) is 5.69 Å². The lowest BCUT2D eigenvalue weighted by molar-refractivity contribution is -0.384. The number of anilines is 1. The van der Waals surface area contributed by atoms with Gasteiger partial charge in [0.1, 0.15) is 5.69 Å². The van der Waals surface area contributed by atoms with E-state index in [4.69, 9.17) is 14.2 Å². The fraction of sp³-hybridized carbons (Fsp3) is 0.250. The van der Waals surface area contributed by atoms with Crippen LogP contribution in [0.1, 0.15) is 5.56 Å². The summed E-state index contributed by atoms with van der Waals surface area (Å²) in [5, 5.41) is 14.1. The second-order valence-electron chi connectivity index (χ2n) is 4.62. The summed E-state index contributed by atoms with van der Waals surface area (Å²) in [4.78, 5) is 10.6. The molecule has 0 saturated heterocycles. The topological polar surface area (TPSA) is 82.9 Å². The maximum atomic E-state index is 11.0. The highest BCUT2D eigenvalue weighted by Crippen LogP contribution is 2.40. The zero-order valence-corrected chi connectivity index (χ0v) is 13.2. The molecule has 2 aromatic rings. The molecule has 0 heterocycles. The van der Waals surface area contributed by atoms with Crippen LogP contribution in [0.4, 0.5) is 11.4 Å². The molecule has 23 heavy (non-hydrogen) atoms. The maximum Gasteiger partial charge on any atom is 0.292 e. The number of nitro groups is 1. The van der Waals surface area contributed by atoms with Gasteiger partial charge < -0.3 is 19.5 Å². The predicted molar refractivity (Wildman–Crippen MR) is 86.5 cm³/mol. The first-order valence-electron chi connectivity index (χ1n) is 6.87. The van der Waals surface area contributed by atoms with Crippen molar-refractivity contribution < 1.29 is 19.1 Å². The van der Waals surface area contributed by atoms with Crippen LogP contribution in [0.2, 0.25) is 0 Å². The summed E-state index contributed by atoms with van der Waals surface area (Å²) in [7, 11) is 4.61. The number of rotatable bonds is 7. The molecule has 0 aromatic heterocycles. The molecule has 0 aliphatic carbocycles. The van der Waals surface area contributed by atoms with E-state index in [1.807, 2.05) is 6.07 Å². The second kappa shape index (κ2) is 7.35. The first kappa shape index (κ1) is 16.4. The Kier molecular flexibility index (Phi) is 5.24. The number of hydrogen-bond acceptors (Lipinski definition) is 6. The Morgan fingerprint density at radius 1 is 1.00 bits per heavy atom. The van der Waals surface area contributed by atoms with Crippen molar-refractivity contribution in [3.8, 4) is 17.2 Å². The summed E-state index contributed by atoms with van der Waals surface area (Å²) in [5.41, 5.74) is 1.25. The highest BCUT2D eigenvalue weighted by atomic mass is 16.6. The Morgan fingerprint density at radius 2 is 1.70 bits per heavy atom. The van der Waals surface area contributed by atoms with Gasteiger partial charge in [-0.25, -0.2) is 0 Å². The summed E-state index contributed by atoms with van der Waals surface area (Å²) in [6, 6.07) is 10.1. The third-order valence-electron chi connectivity index (χ3n) is 3.36. The van der Waals surface area contributed by atoms with Crippen molar-refractivity contribution in [2.75, 3.05) is 26.6 Å². The third-order valence-corrected chi connectivity index (χ3v) is 3.36. The Balaban J connectivity index is 2.29. The molecule has 0 bridgehead atoms. The third kappa shape index (κ3) is 3.45. The van der Waals surface area contributed by atoms with Crippen LogP contribution in [0.25, 0.3) is 0 Å². The average Bonchev–Trinajstić information content (AvgIpc) is 2.58. The molecule has 0 fully saturated rings. The van der Waals surface area contributed by atoms with Gasteiger partial charge in [-0.1, -0.05) is 12.1 Å². The van der Waals surface area contributed by atoms with Gasteiger partial charge in [-0.15, -0.1) is 0 Å². The van der Waals surface area contributed by atoms with Crippen molar-refractivity contribution in [3.05, 3.63) is 52.1 Å². The van der Waals surface area contributed by atoms with Crippen molar-refractivity contribution in [1.82, 2.24) is 0 Å². The fourth-order valence-electron chi connectivity index (χ4n) is 2.28. The number of nitro benzene ring substituents is 1. The van der Waals surface area contributed by atoms with Crippen molar-refractivity contribution in [1.29, 1.82) is 0 Å². The molecule has 0 radical (unpaired) electrons. The minimum absolute atomic E-state index is 0.0203. The standard InChI is InChI=1S/C16H18N2O5/c1-21-14-9-8-11(15(22-2)16(14)23-3)10-17-12-6-4-5-7-13(12)18(19)20/h4-9,17H,10H2,1-3H3. The molecule has 2 aromatic carbocycles. The molecule has 7 heteroatoms. The van der Waals surface area contributed by atoms with Gasteiger partial charge in [0.15, 0.2) is 11.5 Å². The Morgan fingerprint density at radius 3 is 2.30 bits per heavy atom. The van der Waals surface area contributed by atoms with Crippen LogP contribution in [0, 0.1) is 10.1 Å². The van der Waals surface area contributed by atoms with Gasteiger partial charge in [-0.2, -0.15) is 0 Å². The highest BCUT2D eigenvalue weighted by molar-refractivity contribution is 5.62. The summed E-state index contributed by atoms with van der Waals surface area (Å²) in [6.45, 7) is 0.342. The molecule has 0 aliphatic heterocycles. The summed E-state index contributed by atoms with van der Waals surface area (Å²) < 4.78 is 16.0. The Labute approximate surface area is 133 Å². The number of para-hydroxylation sites is 2. The van der Waals surface area contributed by atoms with Gasteiger partial charge >= 0.3 is 0 Å². The lowest BCUT2D eigenvalue weighted by Gasteiger charge is -2.16. The smallest absolute Gasteiger partial charge is 0.292 e.